The van der Waals surface area contributed by atoms with E-state index in [1.807, 2.05) is 0 Å². The smallest absolute Gasteiger partial charge is 0.0826 e. The largest absolute Gasteiger partial charge is 0.374 e. The zero-order valence-corrected chi connectivity index (χ0v) is 10.6. The van der Waals surface area contributed by atoms with Crippen LogP contribution in [0.5, 0.6) is 0 Å². The van der Waals surface area contributed by atoms with Gasteiger partial charge in [-0.2, -0.15) is 0 Å². The molecule has 3 heteroatoms. The molecule has 1 aliphatic rings. The molecule has 2 atom stereocenters. The second kappa shape index (κ2) is 6.46. The first-order valence-electron chi connectivity index (χ1n) is 6.17. The molecule has 0 radical (unpaired) electrons. The van der Waals surface area contributed by atoms with E-state index in [-0.39, 0.29) is 0 Å². The summed E-state index contributed by atoms with van der Waals surface area (Å²) in [5.74, 6) is 0.705. The number of ether oxygens (including phenoxy) is 1. The quantitative estimate of drug-likeness (QED) is 0.747. The van der Waals surface area contributed by atoms with Crippen LogP contribution in [0.3, 0.4) is 0 Å². The topological polar surface area (TPSA) is 24.5 Å². The van der Waals surface area contributed by atoms with Crippen molar-refractivity contribution in [3.8, 4) is 0 Å². The van der Waals surface area contributed by atoms with Gasteiger partial charge in [0.15, 0.2) is 0 Å². The zero-order chi connectivity index (χ0) is 11.3. The molecule has 0 bridgehead atoms. The molecule has 90 valence electrons. The molecule has 2 unspecified atom stereocenters. The maximum atomic E-state index is 5.72. The van der Waals surface area contributed by atoms with Crippen molar-refractivity contribution >= 4 is 0 Å². The van der Waals surface area contributed by atoms with Crippen LogP contribution in [0.4, 0.5) is 0 Å². The summed E-state index contributed by atoms with van der Waals surface area (Å²) in [7, 11) is 2.16. The summed E-state index contributed by atoms with van der Waals surface area (Å²) < 4.78 is 5.72. The summed E-state index contributed by atoms with van der Waals surface area (Å²) in [5.41, 5.74) is 0. The summed E-state index contributed by atoms with van der Waals surface area (Å²) in [6.07, 6.45) is 1.57. The van der Waals surface area contributed by atoms with Crippen molar-refractivity contribution in [1.82, 2.24) is 10.2 Å². The van der Waals surface area contributed by atoms with Crippen molar-refractivity contribution in [3.63, 3.8) is 0 Å². The van der Waals surface area contributed by atoms with Gasteiger partial charge in [0.25, 0.3) is 0 Å². The van der Waals surface area contributed by atoms with E-state index >= 15 is 0 Å². The van der Waals surface area contributed by atoms with Gasteiger partial charge in [0.05, 0.1) is 12.7 Å². The van der Waals surface area contributed by atoms with E-state index in [0.29, 0.717) is 18.1 Å². The molecule has 15 heavy (non-hydrogen) atoms. The summed E-state index contributed by atoms with van der Waals surface area (Å²) in [4.78, 5) is 2.34. The zero-order valence-electron chi connectivity index (χ0n) is 10.6. The molecule has 0 amide bonds. The maximum Gasteiger partial charge on any atom is 0.0826 e. The third-order valence-electron chi connectivity index (χ3n) is 3.19. The lowest BCUT2D eigenvalue weighted by atomic mass is 10.0. The van der Waals surface area contributed by atoms with Gasteiger partial charge < -0.3 is 15.0 Å². The Morgan fingerprint density at radius 2 is 2.20 bits per heavy atom. The lowest BCUT2D eigenvalue weighted by Gasteiger charge is -2.32. The lowest BCUT2D eigenvalue weighted by molar-refractivity contribution is -0.0199. The Balaban J connectivity index is 2.23. The Morgan fingerprint density at radius 1 is 1.47 bits per heavy atom. The van der Waals surface area contributed by atoms with Gasteiger partial charge in [-0.3, -0.25) is 0 Å². The molecular formula is C12H26N2O. The number of nitrogens with zero attached hydrogens (tertiary/aromatic N) is 1. The first-order valence-corrected chi connectivity index (χ1v) is 6.17. The van der Waals surface area contributed by atoms with Crippen LogP contribution in [0.15, 0.2) is 0 Å². The standard InChI is InChI=1S/C12H26N2O/c1-5-12(10(2)3)13-8-11-9-14(4)6-7-15-11/h10-13H,5-9H2,1-4H3. The first-order chi connectivity index (χ1) is 7.13. The van der Waals surface area contributed by atoms with Gasteiger partial charge in [-0.05, 0) is 19.4 Å². The third-order valence-corrected chi connectivity index (χ3v) is 3.19. The number of nitrogens with one attached hydrogen (secondary N) is 1. The van der Waals surface area contributed by atoms with E-state index < -0.39 is 0 Å². The van der Waals surface area contributed by atoms with Crippen LogP contribution in [0.25, 0.3) is 0 Å². The van der Waals surface area contributed by atoms with Gasteiger partial charge in [0.2, 0.25) is 0 Å². The fourth-order valence-electron chi connectivity index (χ4n) is 2.12. The summed E-state index contributed by atoms with van der Waals surface area (Å²) in [6.45, 7) is 10.8. The van der Waals surface area contributed by atoms with E-state index in [2.05, 4.69) is 38.0 Å². The summed E-state index contributed by atoms with van der Waals surface area (Å²) in [6, 6.07) is 0.626. The van der Waals surface area contributed by atoms with Crippen LogP contribution in [-0.2, 0) is 4.74 Å². The van der Waals surface area contributed by atoms with E-state index in [1.165, 1.54) is 6.42 Å². The average molecular weight is 214 g/mol. The molecule has 0 saturated carbocycles. The van der Waals surface area contributed by atoms with Crippen molar-refractivity contribution in [2.24, 2.45) is 5.92 Å². The minimum absolute atomic E-state index is 0.372. The normalized spacial score (nSPS) is 25.8. The van der Waals surface area contributed by atoms with E-state index in [0.717, 1.165) is 26.2 Å². The highest BCUT2D eigenvalue weighted by atomic mass is 16.5. The third kappa shape index (κ3) is 4.49. The Labute approximate surface area is 94.2 Å². The van der Waals surface area contributed by atoms with Crippen LogP contribution >= 0.6 is 0 Å². The molecule has 1 heterocycles. The second-order valence-corrected chi connectivity index (χ2v) is 4.92. The number of likely N-dealkylation sites (N-methyl/N-ethyl adjacent to an activating group) is 1. The van der Waals surface area contributed by atoms with Crippen molar-refractivity contribution in [3.05, 3.63) is 0 Å². The molecule has 1 rings (SSSR count). The lowest BCUT2D eigenvalue weighted by Crippen LogP contribution is -2.47. The summed E-state index contributed by atoms with van der Waals surface area (Å²) >= 11 is 0. The minimum Gasteiger partial charge on any atom is -0.374 e. The molecule has 0 spiro atoms. The predicted molar refractivity (Wildman–Crippen MR) is 64.2 cm³/mol. The van der Waals surface area contributed by atoms with Gasteiger partial charge in [0.1, 0.15) is 0 Å². The van der Waals surface area contributed by atoms with Crippen LogP contribution in [0.2, 0.25) is 0 Å². The highest BCUT2D eigenvalue weighted by Gasteiger charge is 2.19. The van der Waals surface area contributed by atoms with Crippen molar-refractivity contribution in [2.75, 3.05) is 33.3 Å². The van der Waals surface area contributed by atoms with Gasteiger partial charge in [-0.1, -0.05) is 20.8 Å². The molecule has 1 fully saturated rings. The van der Waals surface area contributed by atoms with Gasteiger partial charge in [-0.25, -0.2) is 0 Å². The fraction of sp³-hybridized carbons (Fsp3) is 1.00. The molecule has 0 aromatic rings. The molecule has 0 aliphatic carbocycles. The number of hydrogen-bond donors (Lipinski definition) is 1. The van der Waals surface area contributed by atoms with Crippen LogP contribution in [0.1, 0.15) is 27.2 Å². The molecular weight excluding hydrogens is 188 g/mol. The van der Waals surface area contributed by atoms with Crippen LogP contribution in [-0.4, -0.2) is 50.3 Å². The Hall–Kier alpha value is -0.120. The van der Waals surface area contributed by atoms with Gasteiger partial charge in [-0.15, -0.1) is 0 Å². The molecule has 0 aromatic carbocycles. The highest BCUT2D eigenvalue weighted by Crippen LogP contribution is 2.07. The van der Waals surface area contributed by atoms with Crippen molar-refractivity contribution in [1.29, 1.82) is 0 Å². The van der Waals surface area contributed by atoms with E-state index in [9.17, 15) is 0 Å². The molecule has 1 aliphatic heterocycles. The number of rotatable bonds is 5. The molecule has 1 saturated heterocycles. The second-order valence-electron chi connectivity index (χ2n) is 4.92. The predicted octanol–water partition coefficient (Wildman–Crippen LogP) is 1.34. The van der Waals surface area contributed by atoms with Gasteiger partial charge >= 0.3 is 0 Å². The van der Waals surface area contributed by atoms with Crippen molar-refractivity contribution < 1.29 is 4.74 Å². The average Bonchev–Trinajstić information content (AvgIpc) is 2.18. The van der Waals surface area contributed by atoms with Gasteiger partial charge in [0, 0.05) is 25.7 Å². The molecule has 0 aromatic heterocycles. The Bertz CT molecular complexity index is 173. The Kier molecular flexibility index (Phi) is 5.58. The Morgan fingerprint density at radius 3 is 2.73 bits per heavy atom. The fourth-order valence-corrected chi connectivity index (χ4v) is 2.12. The van der Waals surface area contributed by atoms with Crippen LogP contribution < -0.4 is 5.32 Å². The maximum absolute atomic E-state index is 5.72. The highest BCUT2D eigenvalue weighted by molar-refractivity contribution is 4.75. The first kappa shape index (κ1) is 12.9. The van der Waals surface area contributed by atoms with E-state index in [4.69, 9.17) is 4.74 Å². The molecule has 1 N–H and O–H groups in total. The van der Waals surface area contributed by atoms with Crippen LogP contribution in [0, 0.1) is 5.92 Å². The van der Waals surface area contributed by atoms with Crippen molar-refractivity contribution in [2.45, 2.75) is 39.3 Å². The van der Waals surface area contributed by atoms with E-state index in [1.54, 1.807) is 0 Å². The SMILES string of the molecule is CCC(NCC1CN(C)CCO1)C(C)C. The molecule has 3 nitrogen and oxygen atoms in total. The number of morpholine rings is 1. The number of hydrogen-bond acceptors (Lipinski definition) is 3. The minimum atomic E-state index is 0.372. The monoisotopic (exact) mass is 214 g/mol. The summed E-state index contributed by atoms with van der Waals surface area (Å²) in [5, 5.41) is 3.61.